The second-order valence-electron chi connectivity index (χ2n) is 5.32. The Morgan fingerprint density at radius 3 is 2.42 bits per heavy atom. The molecular weight excluding hydrogens is 290 g/mol. The van der Waals surface area contributed by atoms with Gasteiger partial charge in [-0.15, -0.1) is 0 Å². The highest BCUT2D eigenvalue weighted by Gasteiger charge is 2.28. The monoisotopic (exact) mass is 313 g/mol. The normalized spacial score (nSPS) is 24.3. The van der Waals surface area contributed by atoms with Crippen LogP contribution in [0.1, 0.15) is 19.3 Å². The van der Waals surface area contributed by atoms with Crippen molar-refractivity contribution >= 4 is 19.9 Å². The third-order valence-corrected chi connectivity index (χ3v) is 5.59. The van der Waals surface area contributed by atoms with Gasteiger partial charge in [0, 0.05) is 25.4 Å². The van der Waals surface area contributed by atoms with Crippen LogP contribution in [0.5, 0.6) is 0 Å². The van der Waals surface area contributed by atoms with Gasteiger partial charge in [-0.05, 0) is 25.2 Å². The maximum absolute atomic E-state index is 11.5. The van der Waals surface area contributed by atoms with Crippen LogP contribution in [0.15, 0.2) is 0 Å². The lowest BCUT2D eigenvalue weighted by molar-refractivity contribution is 0.242. The van der Waals surface area contributed by atoms with E-state index in [0.29, 0.717) is 19.5 Å². The molecule has 1 fully saturated rings. The third-order valence-electron chi connectivity index (χ3n) is 3.31. The highest BCUT2D eigenvalue weighted by atomic mass is 32.2. The molecule has 2 unspecified atom stereocenters. The van der Waals surface area contributed by atoms with Gasteiger partial charge in [-0.25, -0.2) is 21.1 Å². The Morgan fingerprint density at radius 2 is 1.95 bits per heavy atom. The van der Waals surface area contributed by atoms with Gasteiger partial charge in [-0.1, -0.05) is 0 Å². The summed E-state index contributed by atoms with van der Waals surface area (Å²) in [5.41, 5.74) is 2.51. The lowest BCUT2D eigenvalue weighted by Crippen LogP contribution is -2.45. The minimum Gasteiger partial charge on any atom is -0.271 e. The summed E-state index contributed by atoms with van der Waals surface area (Å²) in [6.45, 7) is 0.989. The molecule has 3 N–H and O–H groups in total. The zero-order valence-electron chi connectivity index (χ0n) is 11.4. The van der Waals surface area contributed by atoms with Gasteiger partial charge in [0.2, 0.25) is 10.0 Å². The largest absolute Gasteiger partial charge is 0.271 e. The van der Waals surface area contributed by atoms with Crippen LogP contribution in [-0.2, 0) is 19.9 Å². The van der Waals surface area contributed by atoms with Crippen LogP contribution in [0.4, 0.5) is 0 Å². The van der Waals surface area contributed by atoms with Crippen molar-refractivity contribution in [2.24, 2.45) is 11.8 Å². The van der Waals surface area contributed by atoms with E-state index in [1.165, 1.54) is 16.8 Å². The Balaban J connectivity index is 2.60. The molecule has 0 spiro atoms. The maximum Gasteiger partial charge on any atom is 0.211 e. The summed E-state index contributed by atoms with van der Waals surface area (Å²) >= 11 is 0. The van der Waals surface area contributed by atoms with Gasteiger partial charge in [-0.3, -0.25) is 11.3 Å². The van der Waals surface area contributed by atoms with Crippen molar-refractivity contribution in [1.29, 1.82) is 0 Å². The van der Waals surface area contributed by atoms with Gasteiger partial charge in [0.1, 0.15) is 9.84 Å². The highest BCUT2D eigenvalue weighted by Crippen LogP contribution is 2.22. The number of rotatable bonds is 6. The highest BCUT2D eigenvalue weighted by molar-refractivity contribution is 7.90. The van der Waals surface area contributed by atoms with Crippen LogP contribution < -0.4 is 11.3 Å². The van der Waals surface area contributed by atoms with Gasteiger partial charge < -0.3 is 0 Å². The third kappa shape index (κ3) is 6.17. The Labute approximate surface area is 115 Å². The molecule has 1 rings (SSSR count). The predicted octanol–water partition coefficient (Wildman–Crippen LogP) is -1.08. The molecule has 2 atom stereocenters. The van der Waals surface area contributed by atoms with E-state index in [2.05, 4.69) is 5.43 Å². The quantitative estimate of drug-likeness (QED) is 0.477. The number of nitrogens with one attached hydrogen (secondary N) is 1. The van der Waals surface area contributed by atoms with Gasteiger partial charge in [0.15, 0.2) is 0 Å². The van der Waals surface area contributed by atoms with Crippen molar-refractivity contribution in [3.8, 4) is 0 Å². The zero-order chi connectivity index (χ0) is 14.7. The number of hydrogen-bond donors (Lipinski definition) is 2. The van der Waals surface area contributed by atoms with E-state index >= 15 is 0 Å². The van der Waals surface area contributed by atoms with Crippen molar-refractivity contribution in [3.63, 3.8) is 0 Å². The van der Waals surface area contributed by atoms with E-state index in [4.69, 9.17) is 5.84 Å². The first-order chi connectivity index (χ1) is 8.62. The second-order valence-corrected chi connectivity index (χ2v) is 9.49. The molecule has 0 amide bonds. The first kappa shape index (κ1) is 16.8. The lowest BCUT2D eigenvalue weighted by Gasteiger charge is -2.32. The van der Waals surface area contributed by atoms with E-state index in [9.17, 15) is 16.8 Å². The van der Waals surface area contributed by atoms with Crippen LogP contribution in [0.2, 0.25) is 0 Å². The number of sulfonamides is 1. The van der Waals surface area contributed by atoms with Crippen LogP contribution in [0, 0.1) is 5.92 Å². The molecule has 7 nitrogen and oxygen atoms in total. The fraction of sp³-hybridized carbons (Fsp3) is 1.00. The van der Waals surface area contributed by atoms with E-state index in [0.717, 1.165) is 12.8 Å². The summed E-state index contributed by atoms with van der Waals surface area (Å²) in [5, 5.41) is 0. The second kappa shape index (κ2) is 6.49. The smallest absolute Gasteiger partial charge is 0.211 e. The first-order valence-corrected chi connectivity index (χ1v) is 10.1. The van der Waals surface area contributed by atoms with Gasteiger partial charge in [-0.2, -0.15) is 0 Å². The molecule has 1 aliphatic rings. The maximum atomic E-state index is 11.5. The number of nitrogens with two attached hydrogens (primary N) is 1. The molecule has 1 heterocycles. The molecule has 0 saturated carbocycles. The van der Waals surface area contributed by atoms with Crippen molar-refractivity contribution in [2.45, 2.75) is 25.3 Å². The van der Waals surface area contributed by atoms with Gasteiger partial charge >= 0.3 is 0 Å². The molecule has 0 aliphatic carbocycles. The molecule has 1 saturated heterocycles. The Kier molecular flexibility index (Phi) is 5.75. The summed E-state index contributed by atoms with van der Waals surface area (Å²) in [6, 6.07) is -0.334. The Hall–Kier alpha value is -0.220. The standard InChI is InChI=1S/C10H23N3O4S2/c1-18(14,15)8-10(12-11)6-9-4-3-5-13(7-9)19(2,16)17/h9-10,12H,3-8,11H2,1-2H3. The molecule has 114 valence electrons. The van der Waals surface area contributed by atoms with Gasteiger partial charge in [0.25, 0.3) is 0 Å². The number of hydrogen-bond acceptors (Lipinski definition) is 6. The number of nitrogens with zero attached hydrogens (tertiary/aromatic N) is 1. The molecule has 1 aliphatic heterocycles. The topological polar surface area (TPSA) is 110 Å². The van der Waals surface area contributed by atoms with E-state index in [-0.39, 0.29) is 17.7 Å². The lowest BCUT2D eigenvalue weighted by atomic mass is 9.93. The molecule has 0 aromatic carbocycles. The summed E-state index contributed by atoms with van der Waals surface area (Å²) in [6.07, 6.45) is 4.63. The molecule has 0 aromatic rings. The van der Waals surface area contributed by atoms with E-state index in [1.54, 1.807) is 0 Å². The van der Waals surface area contributed by atoms with Crippen LogP contribution in [0.3, 0.4) is 0 Å². The Bertz CT molecular complexity index is 489. The minimum absolute atomic E-state index is 0.0289. The van der Waals surface area contributed by atoms with Crippen LogP contribution in [-0.4, -0.2) is 58.5 Å². The number of piperidine rings is 1. The molecule has 19 heavy (non-hydrogen) atoms. The predicted molar refractivity (Wildman–Crippen MR) is 74.6 cm³/mol. The molecular formula is C10H23N3O4S2. The molecule has 9 heteroatoms. The number of sulfone groups is 1. The summed E-state index contributed by atoms with van der Waals surface area (Å²) in [5.74, 6) is 5.49. The van der Waals surface area contributed by atoms with Gasteiger partial charge in [0.05, 0.1) is 12.0 Å². The van der Waals surface area contributed by atoms with Crippen molar-refractivity contribution in [2.75, 3.05) is 31.4 Å². The van der Waals surface area contributed by atoms with E-state index in [1.807, 2.05) is 0 Å². The van der Waals surface area contributed by atoms with Crippen molar-refractivity contribution in [1.82, 2.24) is 9.73 Å². The average Bonchev–Trinajstić information content (AvgIpc) is 2.25. The van der Waals surface area contributed by atoms with Crippen LogP contribution >= 0.6 is 0 Å². The fourth-order valence-corrected chi connectivity index (χ4v) is 4.38. The molecule has 0 bridgehead atoms. The minimum atomic E-state index is -3.17. The first-order valence-electron chi connectivity index (χ1n) is 6.21. The summed E-state index contributed by atoms with van der Waals surface area (Å²) in [4.78, 5) is 0. The molecule has 0 radical (unpaired) electrons. The SMILES string of the molecule is CS(=O)(=O)CC(CC1CCCN(S(C)(=O)=O)C1)NN. The van der Waals surface area contributed by atoms with E-state index < -0.39 is 19.9 Å². The molecule has 0 aromatic heterocycles. The zero-order valence-corrected chi connectivity index (χ0v) is 13.0. The Morgan fingerprint density at radius 1 is 1.32 bits per heavy atom. The summed E-state index contributed by atoms with van der Waals surface area (Å²) in [7, 11) is -6.28. The van der Waals surface area contributed by atoms with Crippen molar-refractivity contribution in [3.05, 3.63) is 0 Å². The average molecular weight is 313 g/mol. The summed E-state index contributed by atoms with van der Waals surface area (Å²) < 4.78 is 47.0. The van der Waals surface area contributed by atoms with Crippen LogP contribution in [0.25, 0.3) is 0 Å². The van der Waals surface area contributed by atoms with Crippen molar-refractivity contribution < 1.29 is 16.8 Å². The fourth-order valence-electron chi connectivity index (χ4n) is 2.47. The number of hydrazine groups is 1.